The zero-order valence-corrected chi connectivity index (χ0v) is 11.2. The fourth-order valence-electron chi connectivity index (χ4n) is 2.22. The molecule has 2 rings (SSSR count). The fraction of sp³-hybridized carbons (Fsp3) is 0.571. The molecule has 0 N–H and O–H groups in total. The number of hydrogen-bond donors (Lipinski definition) is 0. The Kier molecular flexibility index (Phi) is 5.15. The summed E-state index contributed by atoms with van der Waals surface area (Å²) in [7, 11) is 0. The highest BCUT2D eigenvalue weighted by atomic mass is 16.5. The van der Waals surface area contributed by atoms with Crippen molar-refractivity contribution in [3.8, 4) is 0 Å². The van der Waals surface area contributed by atoms with Crippen molar-refractivity contribution < 1.29 is 14.3 Å². The molecule has 0 spiro atoms. The van der Waals surface area contributed by atoms with Crippen molar-refractivity contribution in [3.05, 3.63) is 30.6 Å². The van der Waals surface area contributed by atoms with E-state index in [0.717, 1.165) is 13.0 Å². The van der Waals surface area contributed by atoms with Gasteiger partial charge in [-0.15, -0.1) is 0 Å². The molecule has 0 aromatic carbocycles. The van der Waals surface area contributed by atoms with E-state index in [4.69, 9.17) is 9.47 Å². The van der Waals surface area contributed by atoms with E-state index in [-0.39, 0.29) is 17.8 Å². The minimum absolute atomic E-state index is 0.135. The lowest BCUT2D eigenvalue weighted by atomic mass is 9.93. The zero-order valence-electron chi connectivity index (χ0n) is 11.2. The number of rotatable bonds is 7. The lowest BCUT2D eigenvalue weighted by Gasteiger charge is -2.22. The quantitative estimate of drug-likeness (QED) is 0.555. The Balaban J connectivity index is 1.94. The van der Waals surface area contributed by atoms with Crippen LogP contribution in [-0.2, 0) is 20.8 Å². The summed E-state index contributed by atoms with van der Waals surface area (Å²) in [6, 6.07) is 1.90. The van der Waals surface area contributed by atoms with Gasteiger partial charge >= 0.3 is 5.97 Å². The predicted molar refractivity (Wildman–Crippen MR) is 70.4 cm³/mol. The highest BCUT2D eigenvalue weighted by molar-refractivity contribution is 5.75. The van der Waals surface area contributed by atoms with Crippen molar-refractivity contribution in [2.45, 2.75) is 19.9 Å². The topological polar surface area (TPSA) is 53.4 Å². The van der Waals surface area contributed by atoms with E-state index in [0.29, 0.717) is 19.8 Å². The molecular weight excluding hydrogens is 244 g/mol. The van der Waals surface area contributed by atoms with Gasteiger partial charge in [0.15, 0.2) is 0 Å². The Bertz CT molecular complexity index is 414. The van der Waals surface area contributed by atoms with Gasteiger partial charge in [-0.1, -0.05) is 12.2 Å². The summed E-state index contributed by atoms with van der Waals surface area (Å²) < 4.78 is 12.4. The van der Waals surface area contributed by atoms with Crippen molar-refractivity contribution in [2.24, 2.45) is 11.8 Å². The SMILES string of the molecule is CCOCC(CC1C=CCOC1=O)Cn1cccn1. The van der Waals surface area contributed by atoms with Crippen LogP contribution in [0.2, 0.25) is 0 Å². The van der Waals surface area contributed by atoms with Crippen molar-refractivity contribution in [2.75, 3.05) is 19.8 Å². The molecule has 0 saturated heterocycles. The Morgan fingerprint density at radius 2 is 2.53 bits per heavy atom. The second-order valence-electron chi connectivity index (χ2n) is 4.65. The third-order valence-electron chi connectivity index (χ3n) is 3.14. The number of hydrogen-bond acceptors (Lipinski definition) is 4. The standard InChI is InChI=1S/C14H20N2O3/c1-2-18-11-12(10-16-7-4-6-15-16)9-13-5-3-8-19-14(13)17/h3-7,12-13H,2,8-11H2,1H3. The van der Waals surface area contributed by atoms with Gasteiger partial charge in [0.2, 0.25) is 0 Å². The lowest BCUT2D eigenvalue weighted by Crippen LogP contribution is -2.26. The van der Waals surface area contributed by atoms with Crippen LogP contribution in [0.25, 0.3) is 0 Å². The number of cyclic esters (lactones) is 1. The predicted octanol–water partition coefficient (Wildman–Crippen LogP) is 1.66. The van der Waals surface area contributed by atoms with E-state index < -0.39 is 0 Å². The molecule has 0 saturated carbocycles. The van der Waals surface area contributed by atoms with Crippen LogP contribution in [0.15, 0.2) is 30.6 Å². The molecule has 2 unspecified atom stereocenters. The van der Waals surface area contributed by atoms with E-state index >= 15 is 0 Å². The molecule has 0 radical (unpaired) electrons. The number of carbonyl (C=O) groups excluding carboxylic acids is 1. The molecule has 0 bridgehead atoms. The van der Waals surface area contributed by atoms with E-state index in [2.05, 4.69) is 5.10 Å². The summed E-state index contributed by atoms with van der Waals surface area (Å²) >= 11 is 0. The minimum Gasteiger partial charge on any atom is -0.461 e. The van der Waals surface area contributed by atoms with Crippen LogP contribution in [0, 0.1) is 11.8 Å². The average Bonchev–Trinajstić information content (AvgIpc) is 2.91. The Morgan fingerprint density at radius 3 is 3.21 bits per heavy atom. The van der Waals surface area contributed by atoms with Gasteiger partial charge in [0.05, 0.1) is 12.5 Å². The maximum atomic E-state index is 11.7. The summed E-state index contributed by atoms with van der Waals surface area (Å²) in [4.78, 5) is 11.7. The first-order valence-electron chi connectivity index (χ1n) is 6.68. The fourth-order valence-corrected chi connectivity index (χ4v) is 2.22. The van der Waals surface area contributed by atoms with Crippen LogP contribution in [0.1, 0.15) is 13.3 Å². The summed E-state index contributed by atoms with van der Waals surface area (Å²) in [5.74, 6) is -0.0422. The van der Waals surface area contributed by atoms with Crippen molar-refractivity contribution in [3.63, 3.8) is 0 Å². The van der Waals surface area contributed by atoms with Gasteiger partial charge in [-0.25, -0.2) is 0 Å². The molecule has 5 nitrogen and oxygen atoms in total. The van der Waals surface area contributed by atoms with Crippen LogP contribution >= 0.6 is 0 Å². The maximum Gasteiger partial charge on any atom is 0.313 e. The van der Waals surface area contributed by atoms with Gasteiger partial charge in [0.1, 0.15) is 6.61 Å². The zero-order chi connectivity index (χ0) is 13.5. The monoisotopic (exact) mass is 264 g/mol. The summed E-state index contributed by atoms with van der Waals surface area (Å²) in [6.07, 6.45) is 8.25. The van der Waals surface area contributed by atoms with E-state index in [1.165, 1.54) is 0 Å². The van der Waals surface area contributed by atoms with Gasteiger partial charge in [-0.2, -0.15) is 5.10 Å². The summed E-state index contributed by atoms with van der Waals surface area (Å²) in [5.41, 5.74) is 0. The van der Waals surface area contributed by atoms with Crippen LogP contribution in [-0.4, -0.2) is 35.6 Å². The number of nitrogens with zero attached hydrogens (tertiary/aromatic N) is 2. The third-order valence-corrected chi connectivity index (χ3v) is 3.14. The van der Waals surface area contributed by atoms with Crippen LogP contribution in [0.3, 0.4) is 0 Å². The highest BCUT2D eigenvalue weighted by Crippen LogP contribution is 2.20. The molecular formula is C14H20N2O3. The molecule has 0 fully saturated rings. The summed E-state index contributed by atoms with van der Waals surface area (Å²) in [6.45, 7) is 4.43. The Hall–Kier alpha value is -1.62. The lowest BCUT2D eigenvalue weighted by molar-refractivity contribution is -0.147. The van der Waals surface area contributed by atoms with Gasteiger partial charge in [-0.05, 0) is 19.4 Å². The number of ether oxygens (including phenoxy) is 2. The first kappa shape index (κ1) is 13.8. The van der Waals surface area contributed by atoms with Crippen molar-refractivity contribution in [1.82, 2.24) is 9.78 Å². The molecule has 2 heterocycles. The van der Waals surface area contributed by atoms with Crippen LogP contribution in [0.5, 0.6) is 0 Å². The molecule has 104 valence electrons. The summed E-state index contributed by atoms with van der Waals surface area (Å²) in [5, 5.41) is 4.20. The van der Waals surface area contributed by atoms with Gasteiger partial charge in [0.25, 0.3) is 0 Å². The smallest absolute Gasteiger partial charge is 0.313 e. The Morgan fingerprint density at radius 1 is 1.63 bits per heavy atom. The molecule has 1 aliphatic rings. The second kappa shape index (κ2) is 7.09. The number of esters is 1. The van der Waals surface area contributed by atoms with Crippen molar-refractivity contribution in [1.29, 1.82) is 0 Å². The Labute approximate surface area is 113 Å². The van der Waals surface area contributed by atoms with Crippen LogP contribution in [0.4, 0.5) is 0 Å². The van der Waals surface area contributed by atoms with E-state index in [1.807, 2.05) is 36.0 Å². The third kappa shape index (κ3) is 4.21. The average molecular weight is 264 g/mol. The molecule has 19 heavy (non-hydrogen) atoms. The highest BCUT2D eigenvalue weighted by Gasteiger charge is 2.24. The van der Waals surface area contributed by atoms with E-state index in [1.54, 1.807) is 6.20 Å². The second-order valence-corrected chi connectivity index (χ2v) is 4.65. The normalized spacial score (nSPS) is 20.3. The minimum atomic E-state index is -0.158. The first-order chi connectivity index (χ1) is 9.29. The molecule has 5 heteroatoms. The van der Waals surface area contributed by atoms with Gasteiger partial charge < -0.3 is 9.47 Å². The number of aromatic nitrogens is 2. The largest absolute Gasteiger partial charge is 0.461 e. The molecule has 2 atom stereocenters. The van der Waals surface area contributed by atoms with Crippen molar-refractivity contribution >= 4 is 5.97 Å². The molecule has 1 aromatic heterocycles. The number of carbonyl (C=O) groups is 1. The maximum absolute atomic E-state index is 11.7. The van der Waals surface area contributed by atoms with Crippen LogP contribution < -0.4 is 0 Å². The van der Waals surface area contributed by atoms with Gasteiger partial charge in [-0.3, -0.25) is 9.48 Å². The first-order valence-corrected chi connectivity index (χ1v) is 6.68. The molecule has 0 amide bonds. The molecule has 1 aliphatic heterocycles. The van der Waals surface area contributed by atoms with Gasteiger partial charge in [0, 0.05) is 31.5 Å². The molecule has 0 aliphatic carbocycles. The molecule has 1 aromatic rings. The van der Waals surface area contributed by atoms with E-state index in [9.17, 15) is 4.79 Å².